The molecule has 0 aromatic heterocycles. The summed E-state index contributed by atoms with van der Waals surface area (Å²) < 4.78 is 21.2. The van der Waals surface area contributed by atoms with Gasteiger partial charge in [0.05, 0.1) is 12.1 Å². The Morgan fingerprint density at radius 1 is 1.11 bits per heavy atom. The SMILES string of the molecule is COc1cc(-c2cccc(-c3cccc(NC(=O)C4CN(C)C(=O)N(C)C4=O)c3C)c2Cl)cc(F)c1CN(C)[C@@H]1CNC(=O)C1. The molecule has 2 atom stereocenters. The van der Waals surface area contributed by atoms with Crippen LogP contribution in [0.3, 0.4) is 0 Å². The Kier molecular flexibility index (Phi) is 9.13. The van der Waals surface area contributed by atoms with Gasteiger partial charge in [0, 0.05) is 68.6 Å². The van der Waals surface area contributed by atoms with E-state index in [0.717, 1.165) is 10.5 Å². The second-order valence-electron chi connectivity index (χ2n) is 11.5. The number of benzene rings is 3. The molecule has 2 aliphatic heterocycles. The zero-order chi connectivity index (χ0) is 32.6. The molecule has 2 fully saturated rings. The van der Waals surface area contributed by atoms with E-state index >= 15 is 4.39 Å². The van der Waals surface area contributed by atoms with E-state index in [1.807, 2.05) is 37.1 Å². The molecule has 12 heteroatoms. The van der Waals surface area contributed by atoms with Gasteiger partial charge in [-0.2, -0.15) is 0 Å². The molecule has 0 bridgehead atoms. The molecule has 45 heavy (non-hydrogen) atoms. The molecule has 5 rings (SSSR count). The fraction of sp³-hybridized carbons (Fsp3) is 0.333. The van der Waals surface area contributed by atoms with Gasteiger partial charge in [0.2, 0.25) is 17.7 Å². The maximum Gasteiger partial charge on any atom is 0.326 e. The van der Waals surface area contributed by atoms with Crippen molar-refractivity contribution in [1.82, 2.24) is 20.0 Å². The molecule has 2 aliphatic rings. The van der Waals surface area contributed by atoms with Gasteiger partial charge in [-0.1, -0.05) is 41.9 Å². The molecule has 1 unspecified atom stereocenters. The number of amides is 5. The molecule has 10 nitrogen and oxygen atoms in total. The fourth-order valence-electron chi connectivity index (χ4n) is 5.84. The predicted octanol–water partition coefficient (Wildman–Crippen LogP) is 4.53. The van der Waals surface area contributed by atoms with Crippen LogP contribution < -0.4 is 15.4 Å². The van der Waals surface area contributed by atoms with E-state index in [1.54, 1.807) is 24.3 Å². The predicted molar refractivity (Wildman–Crippen MR) is 169 cm³/mol. The number of anilines is 1. The van der Waals surface area contributed by atoms with E-state index < -0.39 is 29.6 Å². The summed E-state index contributed by atoms with van der Waals surface area (Å²) in [7, 11) is 6.23. The first-order valence-corrected chi connectivity index (χ1v) is 14.8. The van der Waals surface area contributed by atoms with Crippen molar-refractivity contribution >= 4 is 41.0 Å². The third-order valence-electron chi connectivity index (χ3n) is 8.57. The van der Waals surface area contributed by atoms with E-state index in [2.05, 4.69) is 10.6 Å². The Hall–Kier alpha value is -4.48. The zero-order valence-electron chi connectivity index (χ0n) is 25.7. The summed E-state index contributed by atoms with van der Waals surface area (Å²) in [5, 5.41) is 6.04. The number of halogens is 2. The molecule has 3 aromatic carbocycles. The average molecular weight is 636 g/mol. The van der Waals surface area contributed by atoms with Gasteiger partial charge in [-0.05, 0) is 48.9 Å². The standard InChI is InChI=1S/C33H35ClFN5O5/c1-18-21(8-7-11-27(18)37-31(42)25-17-39(3)33(44)40(4)32(25)43)23-10-6-9-22(30(23)34)19-12-26(35)24(28(13-19)45-5)16-38(2)20-14-29(41)36-15-20/h6-13,20,25H,14-17H2,1-5H3,(H,36,41)(H,37,42)/t20-,25?/m0/s1. The van der Waals surface area contributed by atoms with Crippen LogP contribution in [0.15, 0.2) is 48.5 Å². The minimum absolute atomic E-state index is 0.0208. The van der Waals surface area contributed by atoms with Crippen molar-refractivity contribution in [2.45, 2.75) is 25.9 Å². The van der Waals surface area contributed by atoms with Crippen LogP contribution in [0.25, 0.3) is 22.3 Å². The Balaban J connectivity index is 1.43. The van der Waals surface area contributed by atoms with Crippen molar-refractivity contribution in [1.29, 1.82) is 0 Å². The lowest BCUT2D eigenvalue weighted by molar-refractivity contribution is -0.140. The quantitative estimate of drug-likeness (QED) is 0.352. The number of hydrogen-bond acceptors (Lipinski definition) is 6. The number of carbonyl (C=O) groups excluding carboxylic acids is 4. The van der Waals surface area contributed by atoms with Crippen LogP contribution in [0.1, 0.15) is 17.5 Å². The molecule has 2 heterocycles. The molecule has 0 saturated carbocycles. The smallest absolute Gasteiger partial charge is 0.326 e. The number of imide groups is 1. The minimum atomic E-state index is -1.04. The summed E-state index contributed by atoms with van der Waals surface area (Å²) in [6.07, 6.45) is 0.361. The first kappa shape index (κ1) is 31.9. The number of nitrogens with zero attached hydrogens (tertiary/aromatic N) is 3. The fourth-order valence-corrected chi connectivity index (χ4v) is 6.17. The first-order chi connectivity index (χ1) is 21.4. The van der Waals surface area contributed by atoms with E-state index in [0.29, 0.717) is 57.2 Å². The van der Waals surface area contributed by atoms with E-state index in [4.69, 9.17) is 16.3 Å². The summed E-state index contributed by atoms with van der Waals surface area (Å²) in [6.45, 7) is 2.58. The monoisotopic (exact) mass is 635 g/mol. The summed E-state index contributed by atoms with van der Waals surface area (Å²) in [4.78, 5) is 53.8. The van der Waals surface area contributed by atoms with Gasteiger partial charge >= 0.3 is 6.03 Å². The Morgan fingerprint density at radius 3 is 2.49 bits per heavy atom. The normalized spacial score (nSPS) is 18.4. The van der Waals surface area contributed by atoms with Crippen LogP contribution in [0, 0.1) is 18.7 Å². The van der Waals surface area contributed by atoms with Crippen LogP contribution in [-0.2, 0) is 20.9 Å². The number of methoxy groups -OCH3 is 1. The summed E-state index contributed by atoms with van der Waals surface area (Å²) in [5.74, 6) is -2.23. The highest BCUT2D eigenvalue weighted by atomic mass is 35.5. The van der Waals surface area contributed by atoms with Crippen molar-refractivity contribution in [2.75, 3.05) is 46.7 Å². The van der Waals surface area contributed by atoms with Crippen molar-refractivity contribution in [3.8, 4) is 28.0 Å². The highest BCUT2D eigenvalue weighted by molar-refractivity contribution is 6.36. The molecule has 2 N–H and O–H groups in total. The maximum absolute atomic E-state index is 15.6. The van der Waals surface area contributed by atoms with Gasteiger partial charge in [-0.15, -0.1) is 0 Å². The lowest BCUT2D eigenvalue weighted by atomic mass is 9.94. The van der Waals surface area contributed by atoms with Gasteiger partial charge < -0.3 is 20.3 Å². The van der Waals surface area contributed by atoms with Crippen LogP contribution >= 0.6 is 11.6 Å². The molecule has 236 valence electrons. The summed E-state index contributed by atoms with van der Waals surface area (Å²) >= 11 is 6.98. The highest BCUT2D eigenvalue weighted by Gasteiger charge is 2.39. The average Bonchev–Trinajstić information content (AvgIpc) is 3.46. The number of hydrogen-bond donors (Lipinski definition) is 2. The van der Waals surface area contributed by atoms with Gasteiger partial charge in [-0.25, -0.2) is 9.18 Å². The van der Waals surface area contributed by atoms with Crippen LogP contribution in [0.5, 0.6) is 5.75 Å². The third-order valence-corrected chi connectivity index (χ3v) is 8.98. The number of carbonyl (C=O) groups is 4. The van der Waals surface area contributed by atoms with Crippen molar-refractivity contribution in [3.05, 3.63) is 70.5 Å². The van der Waals surface area contributed by atoms with Gasteiger partial charge in [0.25, 0.3) is 0 Å². The number of likely N-dealkylation sites (N-methyl/N-ethyl adjacent to an activating group) is 1. The van der Waals surface area contributed by atoms with E-state index in [9.17, 15) is 19.2 Å². The zero-order valence-corrected chi connectivity index (χ0v) is 26.5. The third kappa shape index (κ3) is 6.23. The topological polar surface area (TPSA) is 111 Å². The largest absolute Gasteiger partial charge is 0.496 e. The Labute approximate surface area is 266 Å². The van der Waals surface area contributed by atoms with Crippen molar-refractivity contribution in [2.24, 2.45) is 5.92 Å². The van der Waals surface area contributed by atoms with Gasteiger partial charge in [0.1, 0.15) is 17.5 Å². The Bertz CT molecular complexity index is 1700. The van der Waals surface area contributed by atoms with Crippen LogP contribution in [0.4, 0.5) is 14.9 Å². The molecule has 2 saturated heterocycles. The number of rotatable bonds is 8. The minimum Gasteiger partial charge on any atom is -0.496 e. The molecule has 0 spiro atoms. The number of urea groups is 1. The molecular weight excluding hydrogens is 601 g/mol. The number of ether oxygens (including phenoxy) is 1. The van der Waals surface area contributed by atoms with Gasteiger partial charge in [0.15, 0.2) is 0 Å². The lowest BCUT2D eigenvalue weighted by Crippen LogP contribution is -2.56. The summed E-state index contributed by atoms with van der Waals surface area (Å²) in [5.41, 5.74) is 4.12. The van der Waals surface area contributed by atoms with Crippen molar-refractivity contribution < 1.29 is 28.3 Å². The van der Waals surface area contributed by atoms with Crippen molar-refractivity contribution in [3.63, 3.8) is 0 Å². The molecule has 0 radical (unpaired) electrons. The maximum atomic E-state index is 15.6. The second-order valence-corrected chi connectivity index (χ2v) is 11.8. The molecule has 0 aliphatic carbocycles. The lowest BCUT2D eigenvalue weighted by Gasteiger charge is -2.33. The van der Waals surface area contributed by atoms with Gasteiger partial charge in [-0.3, -0.25) is 24.2 Å². The van der Waals surface area contributed by atoms with E-state index in [-0.39, 0.29) is 25.0 Å². The van der Waals surface area contributed by atoms with Crippen LogP contribution in [-0.4, -0.2) is 85.8 Å². The summed E-state index contributed by atoms with van der Waals surface area (Å²) in [6, 6.07) is 13.5. The first-order valence-electron chi connectivity index (χ1n) is 14.5. The highest BCUT2D eigenvalue weighted by Crippen LogP contribution is 2.41. The van der Waals surface area contributed by atoms with E-state index in [1.165, 1.54) is 32.2 Å². The van der Waals surface area contributed by atoms with Crippen LogP contribution in [0.2, 0.25) is 5.02 Å². The Morgan fingerprint density at radius 2 is 1.80 bits per heavy atom. The number of nitrogens with one attached hydrogen (secondary N) is 2. The second kappa shape index (κ2) is 12.9. The molecule has 3 aromatic rings. The molecule has 5 amide bonds. The molecular formula is C33H35ClFN5O5.